The van der Waals surface area contributed by atoms with Crippen LogP contribution in [0.5, 0.6) is 0 Å². The third-order valence-corrected chi connectivity index (χ3v) is 8.50. The molecule has 0 radical (unpaired) electrons. The highest BCUT2D eigenvalue weighted by Crippen LogP contribution is 2.43. The Morgan fingerprint density at radius 1 is 0.585 bits per heavy atom. The van der Waals surface area contributed by atoms with Crippen LogP contribution in [0.1, 0.15) is 129 Å². The molecule has 0 fully saturated rings. The van der Waals surface area contributed by atoms with Crippen molar-refractivity contribution in [2.24, 2.45) is 0 Å². The summed E-state index contributed by atoms with van der Waals surface area (Å²) in [6.07, 6.45) is 42.9. The van der Waals surface area contributed by atoms with Crippen LogP contribution >= 0.6 is 7.82 Å². The maximum absolute atomic E-state index is 12.5. The predicted octanol–water partition coefficient (Wildman–Crippen LogP) is 9.88. The van der Waals surface area contributed by atoms with Crippen LogP contribution in [0.2, 0.25) is 0 Å². The summed E-state index contributed by atoms with van der Waals surface area (Å²) in [4.78, 5) is 34.8. The van der Waals surface area contributed by atoms with Crippen molar-refractivity contribution in [3.05, 3.63) is 85.1 Å². The number of ether oxygens (including phenoxy) is 2. The van der Waals surface area contributed by atoms with Crippen LogP contribution in [0.15, 0.2) is 85.1 Å². The molecule has 10 nitrogen and oxygen atoms in total. The molecule has 0 saturated carbocycles. The minimum atomic E-state index is -4.64. The van der Waals surface area contributed by atoms with Crippen molar-refractivity contribution in [1.29, 1.82) is 0 Å². The molecule has 53 heavy (non-hydrogen) atoms. The molecule has 0 aromatic heterocycles. The van der Waals surface area contributed by atoms with Crippen LogP contribution in [0.4, 0.5) is 0 Å². The first-order valence-corrected chi connectivity index (χ1v) is 21.0. The number of aliphatic hydroxyl groups is 2. The topological polar surface area (TPSA) is 149 Å². The Balaban J connectivity index is 4.52. The van der Waals surface area contributed by atoms with E-state index in [2.05, 4.69) is 91.3 Å². The molecule has 0 rings (SSSR count). The van der Waals surface area contributed by atoms with Gasteiger partial charge in [0.15, 0.2) is 6.10 Å². The van der Waals surface area contributed by atoms with Crippen molar-refractivity contribution in [2.75, 3.05) is 26.4 Å². The van der Waals surface area contributed by atoms with E-state index in [1.54, 1.807) is 0 Å². The van der Waals surface area contributed by atoms with E-state index < -0.39 is 51.8 Å². The van der Waals surface area contributed by atoms with E-state index in [1.807, 2.05) is 12.2 Å². The molecule has 3 atom stereocenters. The minimum absolute atomic E-state index is 0.0527. The molecule has 11 heteroatoms. The summed E-state index contributed by atoms with van der Waals surface area (Å²) in [5.74, 6) is -1.05. The van der Waals surface area contributed by atoms with Gasteiger partial charge in [0.1, 0.15) is 12.7 Å². The summed E-state index contributed by atoms with van der Waals surface area (Å²) < 4.78 is 32.5. The average Bonchev–Trinajstić information content (AvgIpc) is 3.14. The van der Waals surface area contributed by atoms with E-state index in [1.165, 1.54) is 12.8 Å². The molecule has 0 aliphatic heterocycles. The van der Waals surface area contributed by atoms with Crippen molar-refractivity contribution in [1.82, 2.24) is 0 Å². The Bertz CT molecular complexity index is 1150. The number of unbranched alkanes of at least 4 members (excludes halogenated alkanes) is 7. The molecule has 0 aliphatic rings. The van der Waals surface area contributed by atoms with Crippen LogP contribution in [0.3, 0.4) is 0 Å². The molecule has 0 bridgehead atoms. The summed E-state index contributed by atoms with van der Waals surface area (Å²) in [6.45, 7) is 2.09. The van der Waals surface area contributed by atoms with Gasteiger partial charge in [-0.25, -0.2) is 4.57 Å². The third kappa shape index (κ3) is 37.3. The monoisotopic (exact) mass is 764 g/mol. The number of aliphatic hydroxyl groups excluding tert-OH is 2. The van der Waals surface area contributed by atoms with E-state index in [0.717, 1.165) is 77.0 Å². The Hall–Kier alpha value is -2.85. The van der Waals surface area contributed by atoms with Gasteiger partial charge >= 0.3 is 19.8 Å². The van der Waals surface area contributed by atoms with Crippen molar-refractivity contribution >= 4 is 19.8 Å². The number of hydrogen-bond acceptors (Lipinski definition) is 9. The number of esters is 2. The van der Waals surface area contributed by atoms with E-state index >= 15 is 0 Å². The van der Waals surface area contributed by atoms with Gasteiger partial charge < -0.3 is 24.6 Å². The molecule has 0 amide bonds. The van der Waals surface area contributed by atoms with Crippen LogP contribution in [0.25, 0.3) is 0 Å². The van der Waals surface area contributed by atoms with Gasteiger partial charge in [-0.1, -0.05) is 131 Å². The molecule has 302 valence electrons. The number of carbonyl (C=O) groups is 2. The van der Waals surface area contributed by atoms with E-state index in [4.69, 9.17) is 19.1 Å². The minimum Gasteiger partial charge on any atom is -0.462 e. The van der Waals surface area contributed by atoms with Gasteiger partial charge in [0.2, 0.25) is 0 Å². The first-order chi connectivity index (χ1) is 25.7. The quantitative estimate of drug-likeness (QED) is 0.0246. The maximum atomic E-state index is 12.5. The van der Waals surface area contributed by atoms with Crippen molar-refractivity contribution in [2.45, 2.75) is 142 Å². The number of carbonyl (C=O) groups excluding carboxylic acids is 2. The summed E-state index contributed by atoms with van der Waals surface area (Å²) in [7, 11) is -4.64. The fourth-order valence-electron chi connectivity index (χ4n) is 4.53. The van der Waals surface area contributed by atoms with Crippen LogP contribution in [0, 0.1) is 0 Å². The molecular weight excluding hydrogens is 695 g/mol. The highest BCUT2D eigenvalue weighted by atomic mass is 31.2. The highest BCUT2D eigenvalue weighted by Gasteiger charge is 2.27. The van der Waals surface area contributed by atoms with E-state index in [-0.39, 0.29) is 19.4 Å². The zero-order valence-electron chi connectivity index (χ0n) is 32.4. The lowest BCUT2D eigenvalue weighted by molar-refractivity contribution is -0.161. The summed E-state index contributed by atoms with van der Waals surface area (Å²) in [6, 6.07) is 0. The third-order valence-electron chi connectivity index (χ3n) is 7.55. The second-order valence-corrected chi connectivity index (χ2v) is 14.0. The van der Waals surface area contributed by atoms with Crippen LogP contribution in [-0.4, -0.2) is 65.7 Å². The maximum Gasteiger partial charge on any atom is 0.472 e. The summed E-state index contributed by atoms with van der Waals surface area (Å²) >= 11 is 0. The summed E-state index contributed by atoms with van der Waals surface area (Å²) in [5, 5.41) is 18.3. The Labute approximate surface area is 320 Å². The van der Waals surface area contributed by atoms with Gasteiger partial charge in [0.25, 0.3) is 0 Å². The lowest BCUT2D eigenvalue weighted by Gasteiger charge is -2.20. The van der Waals surface area contributed by atoms with Gasteiger partial charge in [-0.3, -0.25) is 18.6 Å². The molecule has 0 aromatic rings. The lowest BCUT2D eigenvalue weighted by Crippen LogP contribution is -2.29. The number of rotatable bonds is 35. The van der Waals surface area contributed by atoms with Gasteiger partial charge in [0, 0.05) is 12.8 Å². The predicted molar refractivity (Wildman–Crippen MR) is 214 cm³/mol. The van der Waals surface area contributed by atoms with Crippen molar-refractivity contribution in [3.8, 4) is 0 Å². The summed E-state index contributed by atoms with van der Waals surface area (Å²) in [5.41, 5.74) is 0. The zero-order valence-corrected chi connectivity index (χ0v) is 33.3. The van der Waals surface area contributed by atoms with Crippen molar-refractivity contribution in [3.63, 3.8) is 0 Å². The second kappa shape index (κ2) is 37.5. The van der Waals surface area contributed by atoms with Gasteiger partial charge in [-0.05, 0) is 70.6 Å². The lowest BCUT2D eigenvalue weighted by atomic mass is 10.1. The molecule has 1 unspecified atom stereocenters. The Morgan fingerprint density at radius 3 is 1.64 bits per heavy atom. The van der Waals surface area contributed by atoms with Gasteiger partial charge in [-0.2, -0.15) is 0 Å². The largest absolute Gasteiger partial charge is 0.472 e. The number of hydrogen-bond donors (Lipinski definition) is 3. The fraction of sp³-hybridized carbons (Fsp3) is 0.619. The number of phosphoric ester groups is 1. The number of allylic oxidation sites excluding steroid dienone is 14. The first kappa shape index (κ1) is 50.1. The normalized spacial score (nSPS) is 14.9. The van der Waals surface area contributed by atoms with E-state index in [9.17, 15) is 24.2 Å². The smallest absolute Gasteiger partial charge is 0.462 e. The SMILES string of the molecule is CC/C=C\C/C=C\C/C=C\C/C=C\C/C=C\C/C=C\CCC(=O)O[C@H](COC(=O)CCCCCCC/C=C\CCCC)COP(=O)(O)OC[C@@H](O)CO. The van der Waals surface area contributed by atoms with Gasteiger partial charge in [0.05, 0.1) is 19.8 Å². The fourth-order valence-corrected chi connectivity index (χ4v) is 5.32. The molecule has 0 aromatic carbocycles. The molecule has 3 N–H and O–H groups in total. The molecule has 0 aliphatic carbocycles. The van der Waals surface area contributed by atoms with Crippen LogP contribution in [-0.2, 0) is 32.7 Å². The molecular formula is C42H69O10P. The Kier molecular flexibility index (Phi) is 35.5. The second-order valence-electron chi connectivity index (χ2n) is 12.6. The standard InChI is InChI=1S/C42H69O10P/c1-3-5-7-9-11-13-15-16-17-18-19-20-21-22-24-26-28-30-32-34-42(46)52-40(38-51-53(47,48)50-36-39(44)35-43)37-49-41(45)33-31-29-27-25-23-14-12-10-8-6-4-2/h5,7,10-13,16-17,19-20,22,24,28,30,39-40,43-44H,3-4,6,8-9,14-15,18,21,23,25-27,29,31-38H2,1-2H3,(H,47,48)/b7-5-,12-10-,13-11-,17-16-,20-19-,24-22-,30-28-/t39-,40+/m0/s1. The average molecular weight is 765 g/mol. The van der Waals surface area contributed by atoms with Gasteiger partial charge in [-0.15, -0.1) is 0 Å². The van der Waals surface area contributed by atoms with E-state index in [0.29, 0.717) is 12.8 Å². The first-order valence-electron chi connectivity index (χ1n) is 19.5. The number of phosphoric acid groups is 1. The zero-order chi connectivity index (χ0) is 39.1. The molecule has 0 heterocycles. The highest BCUT2D eigenvalue weighted by molar-refractivity contribution is 7.47. The Morgan fingerprint density at radius 2 is 1.08 bits per heavy atom. The van der Waals surface area contributed by atoms with Crippen molar-refractivity contribution < 1.29 is 47.8 Å². The molecule has 0 spiro atoms. The molecule has 0 saturated heterocycles. The van der Waals surface area contributed by atoms with Crippen LogP contribution < -0.4 is 0 Å².